The number of hydrogen-bond acceptors (Lipinski definition) is 4. The number of nitrogens with one attached hydrogen (secondary N) is 1. The van der Waals surface area contributed by atoms with Gasteiger partial charge in [-0.05, 0) is 38.4 Å². The van der Waals surface area contributed by atoms with Gasteiger partial charge in [0, 0.05) is 38.4 Å². The summed E-state index contributed by atoms with van der Waals surface area (Å²) in [5, 5.41) is 2.86. The number of nitrogens with two attached hydrogens (primary N) is 1. The Kier molecular flexibility index (Phi) is 6.68. The predicted molar refractivity (Wildman–Crippen MR) is 91.0 cm³/mol. The van der Waals surface area contributed by atoms with E-state index in [-0.39, 0.29) is 5.91 Å². The van der Waals surface area contributed by atoms with E-state index < -0.39 is 6.04 Å². The highest BCUT2D eigenvalue weighted by molar-refractivity contribution is 5.80. The Morgan fingerprint density at radius 1 is 1.18 bits per heavy atom. The van der Waals surface area contributed by atoms with E-state index >= 15 is 0 Å². The monoisotopic (exact) mass is 304 g/mol. The van der Waals surface area contributed by atoms with Crippen LogP contribution in [0.2, 0.25) is 0 Å². The molecule has 0 radical (unpaired) electrons. The fourth-order valence-electron chi connectivity index (χ4n) is 2.70. The number of amides is 1. The number of rotatable bonds is 7. The molecule has 1 heterocycles. The maximum atomic E-state index is 11.3. The van der Waals surface area contributed by atoms with Gasteiger partial charge in [-0.2, -0.15) is 0 Å². The van der Waals surface area contributed by atoms with Crippen molar-refractivity contribution in [1.29, 1.82) is 0 Å². The molecule has 2 rings (SSSR count). The van der Waals surface area contributed by atoms with Gasteiger partial charge in [-0.15, -0.1) is 0 Å². The molecule has 0 spiro atoms. The molecule has 1 aliphatic rings. The lowest BCUT2D eigenvalue weighted by atomic mass is 10.2. The average molecular weight is 304 g/mol. The molecular formula is C17H28N4O. The minimum atomic E-state index is -0.411. The van der Waals surface area contributed by atoms with Crippen LogP contribution in [0.4, 0.5) is 5.69 Å². The van der Waals surface area contributed by atoms with Gasteiger partial charge in [-0.25, -0.2) is 0 Å². The summed E-state index contributed by atoms with van der Waals surface area (Å²) in [6.07, 6.45) is 2.13. The predicted octanol–water partition coefficient (Wildman–Crippen LogP) is 1.05. The highest BCUT2D eigenvalue weighted by Crippen LogP contribution is 2.15. The minimum absolute atomic E-state index is 0.0588. The van der Waals surface area contributed by atoms with E-state index in [0.717, 1.165) is 52.1 Å². The third-order valence-electron chi connectivity index (χ3n) is 4.11. The van der Waals surface area contributed by atoms with Crippen LogP contribution in [0.5, 0.6) is 0 Å². The van der Waals surface area contributed by atoms with Crippen LogP contribution in [0, 0.1) is 0 Å². The lowest BCUT2D eigenvalue weighted by Gasteiger charge is -2.36. The van der Waals surface area contributed by atoms with Crippen LogP contribution < -0.4 is 16.0 Å². The van der Waals surface area contributed by atoms with Crippen LogP contribution in [-0.2, 0) is 4.79 Å². The van der Waals surface area contributed by atoms with Crippen molar-refractivity contribution in [2.75, 3.05) is 44.2 Å². The van der Waals surface area contributed by atoms with Gasteiger partial charge in [0.05, 0.1) is 6.04 Å². The highest BCUT2D eigenvalue weighted by atomic mass is 16.2. The van der Waals surface area contributed by atoms with Crippen molar-refractivity contribution in [3.8, 4) is 0 Å². The quantitative estimate of drug-likeness (QED) is 0.739. The molecule has 1 aromatic rings. The fourth-order valence-corrected chi connectivity index (χ4v) is 2.70. The van der Waals surface area contributed by atoms with Crippen molar-refractivity contribution < 1.29 is 4.79 Å². The van der Waals surface area contributed by atoms with Gasteiger partial charge >= 0.3 is 0 Å². The van der Waals surface area contributed by atoms with E-state index in [0.29, 0.717) is 0 Å². The standard InChI is InChI=1S/C17H28N4O/c1-15(18)17(22)19-9-5-6-10-20-11-13-21(14-12-20)16-7-3-2-4-8-16/h2-4,7-8,15H,5-6,9-14,18H2,1H3,(H,19,22). The maximum Gasteiger partial charge on any atom is 0.236 e. The largest absolute Gasteiger partial charge is 0.369 e. The molecule has 1 aromatic carbocycles. The minimum Gasteiger partial charge on any atom is -0.369 e. The summed E-state index contributed by atoms with van der Waals surface area (Å²) in [5.41, 5.74) is 6.82. The number of unbranched alkanes of at least 4 members (excludes halogenated alkanes) is 1. The molecule has 1 fully saturated rings. The van der Waals surface area contributed by atoms with Gasteiger partial charge in [-0.3, -0.25) is 9.69 Å². The maximum absolute atomic E-state index is 11.3. The second-order valence-corrected chi connectivity index (χ2v) is 5.95. The highest BCUT2D eigenvalue weighted by Gasteiger charge is 2.16. The van der Waals surface area contributed by atoms with Crippen molar-refractivity contribution in [2.24, 2.45) is 5.73 Å². The molecule has 5 nitrogen and oxygen atoms in total. The first-order valence-electron chi connectivity index (χ1n) is 8.22. The van der Waals surface area contributed by atoms with Gasteiger partial charge in [0.25, 0.3) is 0 Å². The molecule has 0 bridgehead atoms. The molecule has 0 saturated carbocycles. The SMILES string of the molecule is CC(N)C(=O)NCCCCN1CCN(c2ccccc2)CC1. The van der Waals surface area contributed by atoms with Crippen LogP contribution in [0.1, 0.15) is 19.8 Å². The second-order valence-electron chi connectivity index (χ2n) is 5.95. The summed E-state index contributed by atoms with van der Waals surface area (Å²) < 4.78 is 0. The van der Waals surface area contributed by atoms with E-state index in [1.54, 1.807) is 6.92 Å². The van der Waals surface area contributed by atoms with Crippen molar-refractivity contribution in [3.63, 3.8) is 0 Å². The number of carbonyl (C=O) groups is 1. The number of para-hydroxylation sites is 1. The zero-order valence-electron chi connectivity index (χ0n) is 13.5. The third-order valence-corrected chi connectivity index (χ3v) is 4.11. The van der Waals surface area contributed by atoms with Crippen LogP contribution in [-0.4, -0.2) is 56.1 Å². The van der Waals surface area contributed by atoms with Crippen LogP contribution in [0.15, 0.2) is 30.3 Å². The molecule has 0 aromatic heterocycles. The lowest BCUT2D eigenvalue weighted by Crippen LogP contribution is -2.46. The Labute approximate surface area is 133 Å². The first-order chi connectivity index (χ1) is 10.7. The first-order valence-corrected chi connectivity index (χ1v) is 8.22. The number of anilines is 1. The molecular weight excluding hydrogens is 276 g/mol. The number of hydrogen-bond donors (Lipinski definition) is 2. The first kappa shape index (κ1) is 16.8. The van der Waals surface area contributed by atoms with Gasteiger partial charge in [0.1, 0.15) is 0 Å². The van der Waals surface area contributed by atoms with Crippen molar-refractivity contribution in [2.45, 2.75) is 25.8 Å². The van der Waals surface area contributed by atoms with Crippen LogP contribution >= 0.6 is 0 Å². The molecule has 1 amide bonds. The molecule has 122 valence electrons. The molecule has 3 N–H and O–H groups in total. The smallest absolute Gasteiger partial charge is 0.236 e. The van der Waals surface area contributed by atoms with Gasteiger partial charge < -0.3 is 16.0 Å². The molecule has 22 heavy (non-hydrogen) atoms. The number of benzene rings is 1. The van der Waals surface area contributed by atoms with Crippen molar-refractivity contribution in [1.82, 2.24) is 10.2 Å². The summed E-state index contributed by atoms with van der Waals surface area (Å²) in [6, 6.07) is 10.2. The molecule has 1 saturated heterocycles. The average Bonchev–Trinajstić information content (AvgIpc) is 2.55. The van der Waals surface area contributed by atoms with Crippen LogP contribution in [0.3, 0.4) is 0 Å². The summed E-state index contributed by atoms with van der Waals surface area (Å²) in [4.78, 5) is 16.3. The normalized spacial score (nSPS) is 17.3. The zero-order chi connectivity index (χ0) is 15.8. The van der Waals surface area contributed by atoms with E-state index in [4.69, 9.17) is 5.73 Å². The number of nitrogens with zero attached hydrogens (tertiary/aromatic N) is 2. The Morgan fingerprint density at radius 3 is 2.50 bits per heavy atom. The molecule has 0 aliphatic carbocycles. The Morgan fingerprint density at radius 2 is 1.86 bits per heavy atom. The van der Waals surface area contributed by atoms with E-state index in [1.165, 1.54) is 5.69 Å². The van der Waals surface area contributed by atoms with Gasteiger partial charge in [-0.1, -0.05) is 18.2 Å². The van der Waals surface area contributed by atoms with Gasteiger partial charge in [0.15, 0.2) is 0 Å². The van der Waals surface area contributed by atoms with E-state index in [1.807, 2.05) is 0 Å². The van der Waals surface area contributed by atoms with E-state index in [2.05, 4.69) is 45.4 Å². The topological polar surface area (TPSA) is 61.6 Å². The summed E-state index contributed by atoms with van der Waals surface area (Å²) in [6.45, 7) is 7.95. The van der Waals surface area contributed by atoms with Gasteiger partial charge in [0.2, 0.25) is 5.91 Å². The second kappa shape index (κ2) is 8.76. The van der Waals surface area contributed by atoms with E-state index in [9.17, 15) is 4.79 Å². The summed E-state index contributed by atoms with van der Waals surface area (Å²) in [5.74, 6) is -0.0588. The molecule has 1 unspecified atom stereocenters. The fraction of sp³-hybridized carbons (Fsp3) is 0.588. The van der Waals surface area contributed by atoms with Crippen LogP contribution in [0.25, 0.3) is 0 Å². The molecule has 1 atom stereocenters. The summed E-state index contributed by atoms with van der Waals surface area (Å²) in [7, 11) is 0. The molecule has 1 aliphatic heterocycles. The van der Waals surface area contributed by atoms with Crippen molar-refractivity contribution >= 4 is 11.6 Å². The number of piperazine rings is 1. The Hall–Kier alpha value is -1.59. The number of carbonyl (C=O) groups excluding carboxylic acids is 1. The summed E-state index contributed by atoms with van der Waals surface area (Å²) >= 11 is 0. The zero-order valence-corrected chi connectivity index (χ0v) is 13.5. The Balaban J connectivity index is 1.57. The molecule has 5 heteroatoms. The lowest BCUT2D eigenvalue weighted by molar-refractivity contribution is -0.121. The van der Waals surface area contributed by atoms with Crippen molar-refractivity contribution in [3.05, 3.63) is 30.3 Å². The Bertz CT molecular complexity index is 441. The third kappa shape index (κ3) is 5.31.